The molecule has 1 aliphatic heterocycles. The third-order valence-corrected chi connectivity index (χ3v) is 3.57. The molecule has 0 spiro atoms. The average Bonchev–Trinajstić information content (AvgIpc) is 2.68. The Labute approximate surface area is 108 Å². The van der Waals surface area contributed by atoms with Crippen molar-refractivity contribution in [1.29, 1.82) is 0 Å². The van der Waals surface area contributed by atoms with Gasteiger partial charge in [-0.2, -0.15) is 0 Å². The van der Waals surface area contributed by atoms with Crippen molar-refractivity contribution in [3.8, 4) is 0 Å². The van der Waals surface area contributed by atoms with Crippen molar-refractivity contribution >= 4 is 0 Å². The van der Waals surface area contributed by atoms with Crippen LogP contribution in [-0.4, -0.2) is 37.1 Å². The van der Waals surface area contributed by atoms with E-state index in [9.17, 15) is 0 Å². The molecule has 0 amide bonds. The van der Waals surface area contributed by atoms with Crippen LogP contribution in [0.25, 0.3) is 0 Å². The molecule has 0 aromatic heterocycles. The smallest absolute Gasteiger partial charge is 0.0107 e. The normalized spacial score (nSPS) is 17.8. The van der Waals surface area contributed by atoms with Gasteiger partial charge < -0.3 is 10.2 Å². The zero-order valence-corrected chi connectivity index (χ0v) is 12.3. The molecule has 0 unspecified atom stereocenters. The number of hydrogen-bond acceptors (Lipinski definition) is 2. The van der Waals surface area contributed by atoms with Crippen LogP contribution in [-0.2, 0) is 0 Å². The highest BCUT2D eigenvalue weighted by Gasteiger charge is 2.14. The Hall–Kier alpha value is -0.0800. The molecule has 0 saturated carbocycles. The van der Waals surface area contributed by atoms with Crippen molar-refractivity contribution < 1.29 is 0 Å². The second-order valence-electron chi connectivity index (χ2n) is 6.46. The number of rotatable bonds is 8. The van der Waals surface area contributed by atoms with Crippen molar-refractivity contribution in [2.24, 2.45) is 11.8 Å². The Bertz CT molecular complexity index is 173. The van der Waals surface area contributed by atoms with Crippen LogP contribution in [0, 0.1) is 11.8 Å². The largest absolute Gasteiger partial charge is 0.313 e. The molecule has 2 heteroatoms. The first-order valence-electron chi connectivity index (χ1n) is 7.53. The van der Waals surface area contributed by atoms with E-state index in [1.165, 1.54) is 51.9 Å². The Morgan fingerprint density at radius 2 is 1.47 bits per heavy atom. The van der Waals surface area contributed by atoms with Crippen molar-refractivity contribution in [1.82, 2.24) is 10.2 Å². The summed E-state index contributed by atoms with van der Waals surface area (Å²) in [7, 11) is 0. The molecule has 1 heterocycles. The maximum Gasteiger partial charge on any atom is 0.0107 e. The third-order valence-electron chi connectivity index (χ3n) is 3.57. The summed E-state index contributed by atoms with van der Waals surface area (Å²) in [5.74, 6) is 1.61. The molecule has 0 bridgehead atoms. The fourth-order valence-corrected chi connectivity index (χ4v) is 2.83. The van der Waals surface area contributed by atoms with Crippen LogP contribution in [0.4, 0.5) is 0 Å². The van der Waals surface area contributed by atoms with Crippen LogP contribution < -0.4 is 5.32 Å². The van der Waals surface area contributed by atoms with Gasteiger partial charge in [-0.1, -0.05) is 27.7 Å². The van der Waals surface area contributed by atoms with Crippen LogP contribution in [0.1, 0.15) is 53.4 Å². The first-order valence-corrected chi connectivity index (χ1v) is 7.53. The molecule has 1 N–H and O–H groups in total. The van der Waals surface area contributed by atoms with Gasteiger partial charge in [0.25, 0.3) is 0 Å². The molecule has 102 valence electrons. The summed E-state index contributed by atoms with van der Waals surface area (Å²) in [5.41, 5.74) is 0. The number of nitrogens with zero attached hydrogens (tertiary/aromatic N) is 1. The highest BCUT2D eigenvalue weighted by Crippen LogP contribution is 2.13. The summed E-state index contributed by atoms with van der Waals surface area (Å²) in [6, 6.07) is 0.720. The lowest BCUT2D eigenvalue weighted by Gasteiger charge is -2.24. The zero-order valence-electron chi connectivity index (χ0n) is 12.3. The highest BCUT2D eigenvalue weighted by atomic mass is 15.2. The van der Waals surface area contributed by atoms with Gasteiger partial charge in [-0.3, -0.25) is 0 Å². The van der Waals surface area contributed by atoms with Gasteiger partial charge in [-0.15, -0.1) is 0 Å². The second-order valence-corrected chi connectivity index (χ2v) is 6.46. The molecule has 17 heavy (non-hydrogen) atoms. The van der Waals surface area contributed by atoms with Gasteiger partial charge >= 0.3 is 0 Å². The van der Waals surface area contributed by atoms with E-state index in [4.69, 9.17) is 0 Å². The summed E-state index contributed by atoms with van der Waals surface area (Å²) in [6.07, 6.45) is 5.44. The maximum atomic E-state index is 3.77. The first kappa shape index (κ1) is 15.0. The van der Waals surface area contributed by atoms with Crippen molar-refractivity contribution in [3.63, 3.8) is 0 Å². The molecular weight excluding hydrogens is 208 g/mol. The topological polar surface area (TPSA) is 15.3 Å². The number of nitrogens with one attached hydrogen (secondary N) is 1. The zero-order chi connectivity index (χ0) is 12.7. The lowest BCUT2D eigenvalue weighted by Crippen LogP contribution is -2.37. The van der Waals surface area contributed by atoms with Crippen LogP contribution in [0.5, 0.6) is 0 Å². The molecule has 1 rings (SSSR count). The van der Waals surface area contributed by atoms with Gasteiger partial charge in [0.05, 0.1) is 0 Å². The minimum atomic E-state index is 0.720. The predicted molar refractivity (Wildman–Crippen MR) is 76.4 cm³/mol. The van der Waals surface area contributed by atoms with Crippen LogP contribution in [0.15, 0.2) is 0 Å². The molecular formula is C15H32N2. The van der Waals surface area contributed by atoms with Gasteiger partial charge in [0.2, 0.25) is 0 Å². The van der Waals surface area contributed by atoms with Gasteiger partial charge in [0.1, 0.15) is 0 Å². The van der Waals surface area contributed by atoms with Gasteiger partial charge in [-0.25, -0.2) is 0 Å². The quantitative estimate of drug-likeness (QED) is 0.701. The third kappa shape index (κ3) is 7.05. The second kappa shape index (κ2) is 8.10. The summed E-state index contributed by atoms with van der Waals surface area (Å²) in [5, 5.41) is 3.77. The first-order chi connectivity index (χ1) is 8.08. The number of hydrogen-bond donors (Lipinski definition) is 1. The molecule has 1 saturated heterocycles. The maximum absolute atomic E-state index is 3.77. The Morgan fingerprint density at radius 1 is 0.941 bits per heavy atom. The van der Waals surface area contributed by atoms with Gasteiger partial charge in [-0.05, 0) is 50.6 Å². The van der Waals surface area contributed by atoms with E-state index in [2.05, 4.69) is 37.9 Å². The Morgan fingerprint density at radius 3 is 1.94 bits per heavy atom. The molecule has 0 radical (unpaired) electrons. The van der Waals surface area contributed by atoms with E-state index in [0.29, 0.717) is 0 Å². The average molecular weight is 240 g/mol. The van der Waals surface area contributed by atoms with E-state index in [0.717, 1.165) is 17.9 Å². The van der Waals surface area contributed by atoms with E-state index >= 15 is 0 Å². The summed E-state index contributed by atoms with van der Waals surface area (Å²) < 4.78 is 0. The minimum Gasteiger partial charge on any atom is -0.313 e. The summed E-state index contributed by atoms with van der Waals surface area (Å²) in [4.78, 5) is 2.59. The minimum absolute atomic E-state index is 0.720. The molecule has 0 aliphatic carbocycles. The van der Waals surface area contributed by atoms with E-state index in [1.807, 2.05) is 0 Å². The van der Waals surface area contributed by atoms with E-state index in [-0.39, 0.29) is 0 Å². The van der Waals surface area contributed by atoms with Crippen molar-refractivity contribution in [2.45, 2.75) is 59.4 Å². The van der Waals surface area contributed by atoms with Crippen LogP contribution in [0.3, 0.4) is 0 Å². The standard InChI is InChI=1S/C15H32N2/c1-13(2)11-15(12-14(3)4)16-7-10-17-8-5-6-9-17/h13-16H,5-12H2,1-4H3. The summed E-state index contributed by atoms with van der Waals surface area (Å²) >= 11 is 0. The monoisotopic (exact) mass is 240 g/mol. The lowest BCUT2D eigenvalue weighted by molar-refractivity contribution is 0.304. The lowest BCUT2D eigenvalue weighted by atomic mass is 9.95. The van der Waals surface area contributed by atoms with Crippen molar-refractivity contribution in [2.75, 3.05) is 26.2 Å². The number of likely N-dealkylation sites (tertiary alicyclic amines) is 1. The fraction of sp³-hybridized carbons (Fsp3) is 1.00. The molecule has 0 aromatic carbocycles. The van der Waals surface area contributed by atoms with Gasteiger partial charge in [0.15, 0.2) is 0 Å². The molecule has 1 aliphatic rings. The van der Waals surface area contributed by atoms with Crippen LogP contribution in [0.2, 0.25) is 0 Å². The Kier molecular flexibility index (Phi) is 7.14. The van der Waals surface area contributed by atoms with Crippen LogP contribution >= 0.6 is 0 Å². The summed E-state index contributed by atoms with van der Waals surface area (Å²) in [6.45, 7) is 14.4. The molecule has 2 nitrogen and oxygen atoms in total. The fourth-order valence-electron chi connectivity index (χ4n) is 2.83. The SMILES string of the molecule is CC(C)CC(CC(C)C)NCCN1CCCC1. The molecule has 1 fully saturated rings. The highest BCUT2D eigenvalue weighted by molar-refractivity contribution is 4.73. The Balaban J connectivity index is 2.17. The molecule has 0 aromatic rings. The predicted octanol–water partition coefficient (Wildman–Crippen LogP) is 3.13. The van der Waals surface area contributed by atoms with E-state index in [1.54, 1.807) is 0 Å². The van der Waals surface area contributed by atoms with Crippen molar-refractivity contribution in [3.05, 3.63) is 0 Å². The molecule has 0 atom stereocenters. The van der Waals surface area contributed by atoms with Gasteiger partial charge in [0, 0.05) is 19.1 Å². The van der Waals surface area contributed by atoms with E-state index < -0.39 is 0 Å².